The van der Waals surface area contributed by atoms with E-state index in [1.165, 1.54) is 21.3 Å². The van der Waals surface area contributed by atoms with Crippen LogP contribution in [0.4, 0.5) is 5.13 Å². The van der Waals surface area contributed by atoms with Gasteiger partial charge in [-0.25, -0.2) is 4.98 Å². The number of aromatic nitrogens is 2. The Morgan fingerprint density at radius 2 is 1.91 bits per heavy atom. The number of hydrogen-bond donors (Lipinski definition) is 1. The van der Waals surface area contributed by atoms with E-state index in [9.17, 15) is 0 Å². The van der Waals surface area contributed by atoms with Crippen molar-refractivity contribution in [2.24, 2.45) is 0 Å². The van der Waals surface area contributed by atoms with Crippen molar-refractivity contribution in [3.05, 3.63) is 35.3 Å². The van der Waals surface area contributed by atoms with Gasteiger partial charge < -0.3 is 14.8 Å². The van der Waals surface area contributed by atoms with E-state index in [-0.39, 0.29) is 0 Å². The molecule has 1 fully saturated rings. The van der Waals surface area contributed by atoms with E-state index in [1.54, 1.807) is 0 Å². The molecule has 1 aromatic carbocycles. The Kier molecular flexibility index (Phi) is 3.39. The second kappa shape index (κ2) is 5.41. The molecule has 4 nitrogen and oxygen atoms in total. The molecule has 0 unspecified atom stereocenters. The van der Waals surface area contributed by atoms with Crippen molar-refractivity contribution in [2.75, 3.05) is 38.1 Å². The number of nitrogens with one attached hydrogen (secondary N) is 1. The fourth-order valence-electron chi connectivity index (χ4n) is 3.03. The molecule has 0 spiro atoms. The number of fused-ring (bicyclic) bond motifs is 1. The highest BCUT2D eigenvalue weighted by molar-refractivity contribution is 7.16. The smallest absolute Gasteiger partial charge is 0.186 e. The predicted octanol–water partition coefficient (Wildman–Crippen LogP) is 3.35. The quantitative estimate of drug-likeness (QED) is 0.788. The van der Waals surface area contributed by atoms with Gasteiger partial charge in [0, 0.05) is 53.7 Å². The summed E-state index contributed by atoms with van der Waals surface area (Å²) >= 11 is 1.81. The van der Waals surface area contributed by atoms with Gasteiger partial charge in [0.1, 0.15) is 0 Å². The number of anilines is 1. The number of aryl methyl sites for hydroxylation is 1. The van der Waals surface area contributed by atoms with Gasteiger partial charge in [0.2, 0.25) is 0 Å². The van der Waals surface area contributed by atoms with Crippen LogP contribution in [0.2, 0.25) is 0 Å². The van der Waals surface area contributed by atoms with Crippen molar-refractivity contribution in [3.8, 4) is 11.3 Å². The summed E-state index contributed by atoms with van der Waals surface area (Å²) in [5.41, 5.74) is 3.51. The lowest BCUT2D eigenvalue weighted by molar-refractivity contribution is 0.313. The summed E-state index contributed by atoms with van der Waals surface area (Å²) in [6, 6.07) is 8.42. The molecular formula is C17H20N4S. The fraction of sp³-hybridized carbons (Fsp3) is 0.353. The van der Waals surface area contributed by atoms with E-state index in [4.69, 9.17) is 4.98 Å². The summed E-state index contributed by atoms with van der Waals surface area (Å²) in [7, 11) is 2.18. The number of piperazine rings is 1. The first-order valence-corrected chi connectivity index (χ1v) is 8.51. The third-order valence-corrected chi connectivity index (χ3v) is 5.44. The van der Waals surface area contributed by atoms with Crippen LogP contribution >= 0.6 is 11.3 Å². The van der Waals surface area contributed by atoms with Crippen LogP contribution < -0.4 is 4.90 Å². The summed E-state index contributed by atoms with van der Waals surface area (Å²) in [5.74, 6) is 0. The molecule has 0 amide bonds. The minimum Gasteiger partial charge on any atom is -0.360 e. The average molecular weight is 312 g/mol. The number of rotatable bonds is 2. The van der Waals surface area contributed by atoms with Gasteiger partial charge in [0.05, 0.1) is 5.69 Å². The first kappa shape index (κ1) is 13.8. The third-order valence-electron chi connectivity index (χ3n) is 4.40. The van der Waals surface area contributed by atoms with Gasteiger partial charge in [0.15, 0.2) is 5.13 Å². The molecule has 114 valence electrons. The van der Waals surface area contributed by atoms with E-state index >= 15 is 0 Å². The Morgan fingerprint density at radius 3 is 2.73 bits per heavy atom. The number of benzene rings is 1. The Labute approximate surface area is 134 Å². The predicted molar refractivity (Wildman–Crippen MR) is 93.9 cm³/mol. The molecule has 5 heteroatoms. The lowest BCUT2D eigenvalue weighted by Gasteiger charge is -2.32. The van der Waals surface area contributed by atoms with Crippen LogP contribution in [0.5, 0.6) is 0 Å². The second-order valence-corrected chi connectivity index (χ2v) is 7.12. The molecule has 3 heterocycles. The molecule has 0 atom stereocenters. The van der Waals surface area contributed by atoms with Gasteiger partial charge in [-0.2, -0.15) is 0 Å². The Morgan fingerprint density at radius 1 is 1.14 bits per heavy atom. The van der Waals surface area contributed by atoms with Crippen molar-refractivity contribution < 1.29 is 0 Å². The Bertz CT molecular complexity index is 796. The lowest BCUT2D eigenvalue weighted by atomic mass is 10.1. The van der Waals surface area contributed by atoms with Crippen molar-refractivity contribution >= 4 is 27.4 Å². The molecule has 1 aliphatic heterocycles. The fourth-order valence-corrected chi connectivity index (χ4v) is 4.01. The van der Waals surface area contributed by atoms with E-state index in [1.807, 2.05) is 11.3 Å². The van der Waals surface area contributed by atoms with Gasteiger partial charge in [-0.1, -0.05) is 18.2 Å². The number of thiazole rings is 1. The standard InChI is InChI=1S/C17H20N4S/c1-12-16(14-11-18-15-6-4-3-5-13(14)15)19-17(22-12)21-9-7-20(2)8-10-21/h3-6,11,18H,7-10H2,1-2H3. The Hall–Kier alpha value is -1.85. The molecule has 0 aliphatic carbocycles. The van der Waals surface area contributed by atoms with Gasteiger partial charge in [-0.05, 0) is 20.0 Å². The van der Waals surface area contributed by atoms with Crippen LogP contribution in [0.15, 0.2) is 30.5 Å². The minimum atomic E-state index is 1.07. The van der Waals surface area contributed by atoms with Crippen LogP contribution in [-0.2, 0) is 0 Å². The van der Waals surface area contributed by atoms with Crippen LogP contribution in [0.1, 0.15) is 4.88 Å². The topological polar surface area (TPSA) is 35.2 Å². The summed E-state index contributed by atoms with van der Waals surface area (Å²) < 4.78 is 0. The van der Waals surface area contributed by atoms with Crippen LogP contribution in [0.25, 0.3) is 22.2 Å². The molecule has 1 aliphatic rings. The molecule has 3 aromatic rings. The third kappa shape index (κ3) is 2.30. The number of aromatic amines is 1. The molecule has 4 rings (SSSR count). The van der Waals surface area contributed by atoms with E-state index in [0.29, 0.717) is 0 Å². The average Bonchev–Trinajstić information content (AvgIpc) is 3.11. The number of likely N-dealkylation sites (N-methyl/N-ethyl adjacent to an activating group) is 1. The van der Waals surface area contributed by atoms with Crippen LogP contribution in [0, 0.1) is 6.92 Å². The summed E-state index contributed by atoms with van der Waals surface area (Å²) in [5, 5.41) is 2.41. The molecule has 22 heavy (non-hydrogen) atoms. The highest BCUT2D eigenvalue weighted by Crippen LogP contribution is 2.36. The largest absolute Gasteiger partial charge is 0.360 e. The van der Waals surface area contributed by atoms with Gasteiger partial charge in [0.25, 0.3) is 0 Å². The van der Waals surface area contributed by atoms with Crippen molar-refractivity contribution in [2.45, 2.75) is 6.92 Å². The highest BCUT2D eigenvalue weighted by Gasteiger charge is 2.20. The summed E-state index contributed by atoms with van der Waals surface area (Å²) in [6.45, 7) is 6.53. The van der Waals surface area contributed by atoms with Crippen LogP contribution in [0.3, 0.4) is 0 Å². The summed E-state index contributed by atoms with van der Waals surface area (Å²) in [4.78, 5) is 14.4. The molecule has 0 saturated carbocycles. The highest BCUT2D eigenvalue weighted by atomic mass is 32.1. The van der Waals surface area contributed by atoms with Crippen molar-refractivity contribution in [1.29, 1.82) is 0 Å². The molecular weight excluding hydrogens is 292 g/mol. The molecule has 0 bridgehead atoms. The van der Waals surface area contributed by atoms with Crippen molar-refractivity contribution in [3.63, 3.8) is 0 Å². The summed E-state index contributed by atoms with van der Waals surface area (Å²) in [6.07, 6.45) is 2.08. The lowest BCUT2D eigenvalue weighted by Crippen LogP contribution is -2.44. The number of hydrogen-bond acceptors (Lipinski definition) is 4. The monoisotopic (exact) mass is 312 g/mol. The van der Waals surface area contributed by atoms with Crippen LogP contribution in [-0.4, -0.2) is 48.1 Å². The van der Waals surface area contributed by atoms with Gasteiger partial charge in [-0.15, -0.1) is 11.3 Å². The van der Waals surface area contributed by atoms with E-state index in [2.05, 4.69) is 59.2 Å². The number of para-hydroxylation sites is 1. The van der Waals surface area contributed by atoms with E-state index < -0.39 is 0 Å². The maximum absolute atomic E-state index is 4.96. The van der Waals surface area contributed by atoms with E-state index in [0.717, 1.165) is 37.0 Å². The zero-order chi connectivity index (χ0) is 15.1. The minimum absolute atomic E-state index is 1.07. The van der Waals surface area contributed by atoms with Crippen molar-refractivity contribution in [1.82, 2.24) is 14.9 Å². The SMILES string of the molecule is Cc1sc(N2CCN(C)CC2)nc1-c1c[nH]c2ccccc12. The molecule has 1 saturated heterocycles. The normalized spacial score (nSPS) is 16.5. The van der Waals surface area contributed by atoms with Gasteiger partial charge >= 0.3 is 0 Å². The first-order chi connectivity index (χ1) is 10.7. The maximum Gasteiger partial charge on any atom is 0.186 e. The number of H-pyrrole nitrogens is 1. The second-order valence-electron chi connectivity index (χ2n) is 5.94. The van der Waals surface area contributed by atoms with Gasteiger partial charge in [-0.3, -0.25) is 0 Å². The zero-order valence-electron chi connectivity index (χ0n) is 13.0. The zero-order valence-corrected chi connectivity index (χ0v) is 13.8. The first-order valence-electron chi connectivity index (χ1n) is 7.70. The number of nitrogens with zero attached hydrogens (tertiary/aromatic N) is 3. The molecule has 0 radical (unpaired) electrons. The maximum atomic E-state index is 4.96. The molecule has 2 aromatic heterocycles. The molecule has 1 N–H and O–H groups in total. The Balaban J connectivity index is 1.71.